The number of aromatic nitrogens is 1. The number of nitro groups is 1. The molecule has 0 atom stereocenters. The summed E-state index contributed by atoms with van der Waals surface area (Å²) in [5.41, 5.74) is 0.212. The van der Waals surface area contributed by atoms with Gasteiger partial charge in [0.15, 0.2) is 0 Å². The van der Waals surface area contributed by atoms with Gasteiger partial charge < -0.3 is 4.74 Å². The largest absolute Gasteiger partial charge is 0.481 e. The third-order valence-corrected chi connectivity index (χ3v) is 1.36. The Balaban J connectivity index is 2.88. The van der Waals surface area contributed by atoms with E-state index in [0.717, 1.165) is 0 Å². The van der Waals surface area contributed by atoms with Crippen molar-refractivity contribution in [2.45, 2.75) is 0 Å². The molecule has 0 aromatic carbocycles. The molecular weight excluding hydrogens is 228 g/mol. The molecule has 0 aliphatic rings. The molecule has 0 spiro atoms. The predicted molar refractivity (Wildman–Crippen MR) is 45.3 cm³/mol. The lowest BCUT2D eigenvalue weighted by molar-refractivity contribution is -0.385. The number of hydrogen-bond donors (Lipinski definition) is 0. The predicted octanol–water partition coefficient (Wildman–Crippen LogP) is 1.72. The SMILES string of the molecule is O=[N+]([O-])c1cncc(OCBr)c1. The van der Waals surface area contributed by atoms with Crippen molar-refractivity contribution in [2.75, 3.05) is 5.52 Å². The maximum Gasteiger partial charge on any atom is 0.291 e. The maximum absolute atomic E-state index is 10.3. The van der Waals surface area contributed by atoms with Crippen molar-refractivity contribution in [1.29, 1.82) is 0 Å². The van der Waals surface area contributed by atoms with Gasteiger partial charge in [-0.15, -0.1) is 0 Å². The van der Waals surface area contributed by atoms with Crippen molar-refractivity contribution in [1.82, 2.24) is 4.98 Å². The molecule has 5 nitrogen and oxygen atoms in total. The summed E-state index contributed by atoms with van der Waals surface area (Å²) in [6.45, 7) is 0. The van der Waals surface area contributed by atoms with Crippen LogP contribution in [0.2, 0.25) is 0 Å². The average Bonchev–Trinajstić information content (AvgIpc) is 2.05. The van der Waals surface area contributed by atoms with Crippen molar-refractivity contribution >= 4 is 21.6 Å². The summed E-state index contributed by atoms with van der Waals surface area (Å²) < 4.78 is 4.95. The summed E-state index contributed by atoms with van der Waals surface area (Å²) in [7, 11) is 0. The van der Waals surface area contributed by atoms with Crippen molar-refractivity contribution in [2.24, 2.45) is 0 Å². The van der Waals surface area contributed by atoms with Crippen LogP contribution < -0.4 is 4.74 Å². The number of halogens is 1. The molecule has 0 saturated heterocycles. The molecule has 1 heterocycles. The van der Waals surface area contributed by atoms with Crippen molar-refractivity contribution in [3.63, 3.8) is 0 Å². The Morgan fingerprint density at radius 2 is 2.42 bits per heavy atom. The van der Waals surface area contributed by atoms with Crippen molar-refractivity contribution in [3.05, 3.63) is 28.6 Å². The van der Waals surface area contributed by atoms with Gasteiger partial charge in [0.25, 0.3) is 5.69 Å². The molecule has 0 saturated carbocycles. The smallest absolute Gasteiger partial charge is 0.291 e. The molecule has 1 rings (SSSR count). The van der Waals surface area contributed by atoms with Crippen LogP contribution in [0, 0.1) is 10.1 Å². The van der Waals surface area contributed by atoms with E-state index in [2.05, 4.69) is 20.9 Å². The van der Waals surface area contributed by atoms with Gasteiger partial charge in [0.1, 0.15) is 17.5 Å². The highest BCUT2D eigenvalue weighted by molar-refractivity contribution is 9.09. The van der Waals surface area contributed by atoms with E-state index >= 15 is 0 Å². The van der Waals surface area contributed by atoms with Gasteiger partial charge in [0, 0.05) is 0 Å². The second kappa shape index (κ2) is 4.01. The van der Waals surface area contributed by atoms with E-state index < -0.39 is 4.92 Å². The summed E-state index contributed by atoms with van der Waals surface area (Å²) in [6, 6.07) is 1.31. The van der Waals surface area contributed by atoms with Crippen LogP contribution in [0.15, 0.2) is 18.5 Å². The van der Waals surface area contributed by atoms with E-state index in [1.54, 1.807) is 0 Å². The molecule has 0 unspecified atom stereocenters. The molecule has 0 aliphatic heterocycles. The van der Waals surface area contributed by atoms with Gasteiger partial charge in [0.05, 0.1) is 17.2 Å². The standard InChI is InChI=1S/C6H5BrN2O3/c7-4-12-6-1-5(9(10)11)2-8-3-6/h1-3H,4H2. The van der Waals surface area contributed by atoms with E-state index in [1.807, 2.05) is 0 Å². The molecule has 0 bridgehead atoms. The molecule has 0 fully saturated rings. The number of ether oxygens (including phenoxy) is 1. The summed E-state index contributed by atoms with van der Waals surface area (Å²) in [5, 5.41) is 10.3. The summed E-state index contributed by atoms with van der Waals surface area (Å²) in [5.74, 6) is 0.376. The zero-order valence-corrected chi connectivity index (χ0v) is 7.52. The Labute approximate surface area is 76.7 Å². The van der Waals surface area contributed by atoms with Crippen LogP contribution in [-0.2, 0) is 0 Å². The monoisotopic (exact) mass is 232 g/mol. The zero-order chi connectivity index (χ0) is 8.97. The summed E-state index contributed by atoms with van der Waals surface area (Å²) in [6.07, 6.45) is 2.58. The summed E-state index contributed by atoms with van der Waals surface area (Å²) >= 11 is 3.03. The lowest BCUT2D eigenvalue weighted by Gasteiger charge is -1.98. The maximum atomic E-state index is 10.3. The molecule has 64 valence electrons. The van der Waals surface area contributed by atoms with Crippen LogP contribution in [0.25, 0.3) is 0 Å². The normalized spacial score (nSPS) is 9.42. The van der Waals surface area contributed by atoms with Crippen LogP contribution in [-0.4, -0.2) is 15.4 Å². The van der Waals surface area contributed by atoms with E-state index in [-0.39, 0.29) is 11.2 Å². The van der Waals surface area contributed by atoms with Gasteiger partial charge in [0.2, 0.25) is 0 Å². The average molecular weight is 233 g/mol. The minimum Gasteiger partial charge on any atom is -0.481 e. The molecule has 0 radical (unpaired) electrons. The van der Waals surface area contributed by atoms with E-state index in [1.165, 1.54) is 18.5 Å². The van der Waals surface area contributed by atoms with Crippen LogP contribution >= 0.6 is 15.9 Å². The molecule has 0 aliphatic carbocycles. The van der Waals surface area contributed by atoms with Crippen molar-refractivity contribution < 1.29 is 9.66 Å². The number of nitrogens with zero attached hydrogens (tertiary/aromatic N) is 2. The van der Waals surface area contributed by atoms with Crippen LogP contribution in [0.3, 0.4) is 0 Å². The minimum absolute atomic E-state index is 0.0755. The first kappa shape index (κ1) is 8.92. The third kappa shape index (κ3) is 2.16. The topological polar surface area (TPSA) is 65.3 Å². The fourth-order valence-corrected chi connectivity index (χ4v) is 0.913. The van der Waals surface area contributed by atoms with Crippen LogP contribution in [0.5, 0.6) is 5.75 Å². The third-order valence-electron chi connectivity index (χ3n) is 1.13. The van der Waals surface area contributed by atoms with Gasteiger partial charge in [-0.25, -0.2) is 0 Å². The first-order valence-electron chi connectivity index (χ1n) is 3.02. The number of pyridine rings is 1. The van der Waals surface area contributed by atoms with Gasteiger partial charge in [-0.05, 0) is 15.9 Å². The zero-order valence-electron chi connectivity index (χ0n) is 5.94. The Bertz CT molecular complexity index is 292. The van der Waals surface area contributed by atoms with Gasteiger partial charge in [-0.3, -0.25) is 15.1 Å². The Morgan fingerprint density at radius 3 is 3.00 bits per heavy atom. The number of rotatable bonds is 3. The first-order valence-corrected chi connectivity index (χ1v) is 4.14. The highest BCUT2D eigenvalue weighted by atomic mass is 79.9. The van der Waals surface area contributed by atoms with E-state index in [4.69, 9.17) is 4.74 Å². The second-order valence-corrected chi connectivity index (χ2v) is 2.35. The van der Waals surface area contributed by atoms with Gasteiger partial charge in [-0.1, -0.05) is 0 Å². The molecule has 0 amide bonds. The fraction of sp³-hybridized carbons (Fsp3) is 0.167. The Morgan fingerprint density at radius 1 is 1.67 bits per heavy atom. The van der Waals surface area contributed by atoms with Crippen molar-refractivity contribution in [3.8, 4) is 5.75 Å². The first-order chi connectivity index (χ1) is 5.74. The van der Waals surface area contributed by atoms with E-state index in [9.17, 15) is 10.1 Å². The minimum atomic E-state index is -0.520. The highest BCUT2D eigenvalue weighted by Crippen LogP contribution is 2.17. The molecule has 1 aromatic heterocycles. The fourth-order valence-electron chi connectivity index (χ4n) is 0.649. The highest BCUT2D eigenvalue weighted by Gasteiger charge is 2.06. The van der Waals surface area contributed by atoms with Crippen LogP contribution in [0.4, 0.5) is 5.69 Å². The molecule has 1 aromatic rings. The number of hydrogen-bond acceptors (Lipinski definition) is 4. The Kier molecular flexibility index (Phi) is 2.98. The van der Waals surface area contributed by atoms with E-state index in [0.29, 0.717) is 5.75 Å². The molecular formula is C6H5BrN2O3. The molecule has 0 N–H and O–H groups in total. The number of alkyl halides is 1. The van der Waals surface area contributed by atoms with Crippen LogP contribution in [0.1, 0.15) is 0 Å². The summed E-state index contributed by atoms with van der Waals surface area (Å²) in [4.78, 5) is 13.4. The van der Waals surface area contributed by atoms with Gasteiger partial charge >= 0.3 is 0 Å². The lowest BCUT2D eigenvalue weighted by Crippen LogP contribution is -1.92. The Hall–Kier alpha value is -1.17. The molecule has 6 heteroatoms. The molecule has 12 heavy (non-hydrogen) atoms. The lowest BCUT2D eigenvalue weighted by atomic mass is 10.4. The van der Waals surface area contributed by atoms with Gasteiger partial charge in [-0.2, -0.15) is 0 Å². The quantitative estimate of drug-likeness (QED) is 0.453. The second-order valence-electron chi connectivity index (χ2n) is 1.89.